The van der Waals surface area contributed by atoms with Gasteiger partial charge in [0.2, 0.25) is 0 Å². The van der Waals surface area contributed by atoms with Gasteiger partial charge in [0.15, 0.2) is 0 Å². The number of carboxylic acid groups (broad SMARTS) is 1. The first kappa shape index (κ1) is 23.8. The Kier molecular flexibility index (Phi) is 7.68. The van der Waals surface area contributed by atoms with Crippen LogP contribution in [0.5, 0.6) is 11.5 Å². The highest BCUT2D eigenvalue weighted by Gasteiger charge is 2.34. The van der Waals surface area contributed by atoms with Gasteiger partial charge in [-0.2, -0.15) is 0 Å². The lowest BCUT2D eigenvalue weighted by Crippen LogP contribution is -2.35. The Morgan fingerprint density at radius 1 is 1.15 bits per heavy atom. The highest BCUT2D eigenvalue weighted by molar-refractivity contribution is 6.31. The molecule has 0 aromatic heterocycles. The zero-order chi connectivity index (χ0) is 24.0. The van der Waals surface area contributed by atoms with E-state index >= 15 is 0 Å². The Morgan fingerprint density at radius 2 is 1.88 bits per heavy atom. The van der Waals surface area contributed by atoms with Gasteiger partial charge in [-0.05, 0) is 43.7 Å². The second-order valence-corrected chi connectivity index (χ2v) is 7.49. The smallest absolute Gasteiger partial charge is 0.306 e. The molecular weight excluding hydrogens is 428 g/mol. The third-order valence-corrected chi connectivity index (χ3v) is 4.88. The lowest BCUT2D eigenvalue weighted by Gasteiger charge is -2.18. The lowest BCUT2D eigenvalue weighted by atomic mass is 10.0. The average molecular weight is 454 g/mol. The van der Waals surface area contributed by atoms with Gasteiger partial charge >= 0.3 is 5.97 Å². The largest absolute Gasteiger partial charge is 0.493 e. The topological polar surface area (TPSA) is 125 Å². The molecule has 1 aliphatic heterocycles. The summed E-state index contributed by atoms with van der Waals surface area (Å²) in [7, 11) is 0. The fraction of sp³-hybridized carbons (Fsp3) is 0.292. The van der Waals surface area contributed by atoms with E-state index in [4.69, 9.17) is 14.6 Å². The number of nitrogens with zero attached hydrogens (tertiary/aromatic N) is 1. The number of hydrazine groups is 1. The standard InChI is InChI=1S/C24H26N2O7/c1-3-11-32-20-10-9-16(22(15(20)2)33-14-18(27)13-21(28)29)12-19-23(30)25-26(24(19)31)17-7-5-4-6-8-17/h4-10,12,18,27H,3,11,13-14H2,1-2H3,(H,25,30)(H,28,29)/b19-12+/t18-/m0/s1. The maximum Gasteiger partial charge on any atom is 0.306 e. The SMILES string of the molecule is CCCOc1ccc(/C=C2\C(=O)NN(c3ccccc3)C2=O)c(OC[C@@H](O)CC(=O)O)c1C. The molecule has 2 aromatic carbocycles. The zero-order valence-corrected chi connectivity index (χ0v) is 18.4. The first-order chi connectivity index (χ1) is 15.8. The van der Waals surface area contributed by atoms with E-state index in [-0.39, 0.29) is 12.2 Å². The summed E-state index contributed by atoms with van der Waals surface area (Å²) in [5.74, 6) is -1.40. The van der Waals surface area contributed by atoms with Gasteiger partial charge < -0.3 is 19.7 Å². The van der Waals surface area contributed by atoms with Crippen molar-refractivity contribution in [3.63, 3.8) is 0 Å². The molecule has 33 heavy (non-hydrogen) atoms. The number of nitrogens with one attached hydrogen (secondary N) is 1. The molecule has 0 unspecified atom stereocenters. The maximum absolute atomic E-state index is 12.9. The van der Waals surface area contributed by atoms with E-state index in [1.807, 2.05) is 6.92 Å². The number of rotatable bonds is 10. The minimum Gasteiger partial charge on any atom is -0.493 e. The van der Waals surface area contributed by atoms with Crippen LogP contribution >= 0.6 is 0 Å². The van der Waals surface area contributed by atoms with Crippen molar-refractivity contribution in [2.45, 2.75) is 32.8 Å². The van der Waals surface area contributed by atoms with Gasteiger partial charge in [-0.3, -0.25) is 19.8 Å². The van der Waals surface area contributed by atoms with Gasteiger partial charge in [0, 0.05) is 11.1 Å². The monoisotopic (exact) mass is 454 g/mol. The van der Waals surface area contributed by atoms with Crippen LogP contribution in [0.15, 0.2) is 48.0 Å². The normalized spacial score (nSPS) is 15.5. The van der Waals surface area contributed by atoms with E-state index in [2.05, 4.69) is 5.43 Å². The molecule has 0 radical (unpaired) electrons. The van der Waals surface area contributed by atoms with Crippen LogP contribution < -0.4 is 19.9 Å². The summed E-state index contributed by atoms with van der Waals surface area (Å²) in [4.78, 5) is 36.3. The number of carboxylic acids is 1. The van der Waals surface area contributed by atoms with Gasteiger partial charge in [0.1, 0.15) is 23.7 Å². The molecule has 3 N–H and O–H groups in total. The van der Waals surface area contributed by atoms with Crippen molar-refractivity contribution in [3.8, 4) is 11.5 Å². The number of hydrogen-bond donors (Lipinski definition) is 3. The Labute approximate surface area is 191 Å². The number of aliphatic carboxylic acids is 1. The number of hydrogen-bond acceptors (Lipinski definition) is 6. The van der Waals surface area contributed by atoms with Crippen LogP contribution in [-0.4, -0.2) is 47.3 Å². The minimum atomic E-state index is -1.23. The summed E-state index contributed by atoms with van der Waals surface area (Å²) in [6.07, 6.45) is 0.500. The minimum absolute atomic E-state index is 0.0867. The van der Waals surface area contributed by atoms with Crippen LogP contribution in [0.1, 0.15) is 30.9 Å². The molecule has 0 saturated carbocycles. The number of carbonyl (C=O) groups excluding carboxylic acids is 2. The summed E-state index contributed by atoms with van der Waals surface area (Å²) in [6, 6.07) is 12.1. The number of anilines is 1. The molecule has 0 bridgehead atoms. The number of aliphatic hydroxyl groups is 1. The Hall–Kier alpha value is -3.85. The van der Waals surface area contributed by atoms with Crippen LogP contribution in [0, 0.1) is 6.92 Å². The second kappa shape index (κ2) is 10.6. The van der Waals surface area contributed by atoms with Crippen LogP contribution in [0.4, 0.5) is 5.69 Å². The number of carbonyl (C=O) groups is 3. The van der Waals surface area contributed by atoms with Gasteiger partial charge in [-0.1, -0.05) is 25.1 Å². The van der Waals surface area contributed by atoms with Crippen molar-refractivity contribution >= 4 is 29.5 Å². The molecule has 1 aliphatic rings. The van der Waals surface area contributed by atoms with Crippen LogP contribution in [0.3, 0.4) is 0 Å². The highest BCUT2D eigenvalue weighted by atomic mass is 16.5. The van der Waals surface area contributed by atoms with Gasteiger partial charge in [-0.15, -0.1) is 0 Å². The highest BCUT2D eigenvalue weighted by Crippen LogP contribution is 2.34. The van der Waals surface area contributed by atoms with E-state index < -0.39 is 30.3 Å². The van der Waals surface area contributed by atoms with E-state index in [9.17, 15) is 19.5 Å². The number of para-hydroxylation sites is 1. The Bertz CT molecular complexity index is 1070. The molecule has 1 heterocycles. The molecule has 0 aliphatic carbocycles. The molecule has 1 fully saturated rings. The predicted molar refractivity (Wildman–Crippen MR) is 121 cm³/mol. The number of aliphatic hydroxyl groups excluding tert-OH is 1. The molecule has 9 heteroatoms. The van der Waals surface area contributed by atoms with Gasteiger partial charge in [0.05, 0.1) is 24.8 Å². The van der Waals surface area contributed by atoms with Crippen LogP contribution in [0.2, 0.25) is 0 Å². The molecule has 9 nitrogen and oxygen atoms in total. The lowest BCUT2D eigenvalue weighted by molar-refractivity contribution is -0.139. The summed E-state index contributed by atoms with van der Waals surface area (Å²) < 4.78 is 11.5. The summed E-state index contributed by atoms with van der Waals surface area (Å²) >= 11 is 0. The predicted octanol–water partition coefficient (Wildman–Crippen LogP) is 2.46. The first-order valence-electron chi connectivity index (χ1n) is 10.5. The number of ether oxygens (including phenoxy) is 2. The first-order valence-corrected chi connectivity index (χ1v) is 10.5. The number of amides is 2. The van der Waals surface area contributed by atoms with Crippen LogP contribution in [-0.2, 0) is 14.4 Å². The molecule has 1 saturated heterocycles. The molecule has 174 valence electrons. The molecule has 0 spiro atoms. The van der Waals surface area contributed by atoms with Crippen molar-refractivity contribution in [3.05, 3.63) is 59.2 Å². The Morgan fingerprint density at radius 3 is 2.55 bits per heavy atom. The van der Waals surface area contributed by atoms with Gasteiger partial charge in [-0.25, -0.2) is 5.01 Å². The Balaban J connectivity index is 1.94. The van der Waals surface area contributed by atoms with Crippen molar-refractivity contribution < 1.29 is 34.1 Å². The van der Waals surface area contributed by atoms with Crippen molar-refractivity contribution in [2.24, 2.45) is 0 Å². The molecule has 1 atom stereocenters. The molecular formula is C24H26N2O7. The second-order valence-electron chi connectivity index (χ2n) is 7.49. The average Bonchev–Trinajstić information content (AvgIpc) is 3.06. The summed E-state index contributed by atoms with van der Waals surface area (Å²) in [6.45, 7) is 3.92. The van der Waals surface area contributed by atoms with E-state index in [0.29, 0.717) is 34.9 Å². The third kappa shape index (κ3) is 5.69. The van der Waals surface area contributed by atoms with E-state index in [0.717, 1.165) is 11.4 Å². The maximum atomic E-state index is 12.9. The molecule has 2 aromatic rings. The zero-order valence-electron chi connectivity index (χ0n) is 18.4. The van der Waals surface area contributed by atoms with E-state index in [1.54, 1.807) is 49.4 Å². The van der Waals surface area contributed by atoms with Crippen molar-refractivity contribution in [1.82, 2.24) is 5.43 Å². The van der Waals surface area contributed by atoms with Crippen LogP contribution in [0.25, 0.3) is 6.08 Å². The fourth-order valence-electron chi connectivity index (χ4n) is 3.28. The number of benzene rings is 2. The third-order valence-electron chi connectivity index (χ3n) is 4.88. The molecule has 2 amide bonds. The summed E-state index contributed by atoms with van der Waals surface area (Å²) in [5, 5.41) is 20.0. The van der Waals surface area contributed by atoms with Crippen molar-refractivity contribution in [2.75, 3.05) is 18.2 Å². The van der Waals surface area contributed by atoms with Gasteiger partial charge in [0.25, 0.3) is 11.8 Å². The van der Waals surface area contributed by atoms with E-state index in [1.165, 1.54) is 6.08 Å². The fourth-order valence-corrected chi connectivity index (χ4v) is 3.28. The van der Waals surface area contributed by atoms with Crippen molar-refractivity contribution in [1.29, 1.82) is 0 Å². The summed E-state index contributed by atoms with van der Waals surface area (Å²) in [5.41, 5.74) is 4.00. The quantitative estimate of drug-likeness (QED) is 0.372. The molecule has 3 rings (SSSR count).